The third kappa shape index (κ3) is 3.20. The Bertz CT molecular complexity index is 766. The molecule has 2 saturated heterocycles. The van der Waals surface area contributed by atoms with E-state index in [-0.39, 0.29) is 30.7 Å². The van der Waals surface area contributed by atoms with Gasteiger partial charge in [0.1, 0.15) is 12.3 Å². The molecule has 6 heteroatoms. The lowest BCUT2D eigenvalue weighted by atomic mass is 10.1. The van der Waals surface area contributed by atoms with Crippen LogP contribution >= 0.6 is 0 Å². The predicted octanol–water partition coefficient (Wildman–Crippen LogP) is 2.32. The molecule has 0 bridgehead atoms. The molecule has 0 saturated carbocycles. The highest BCUT2D eigenvalue weighted by molar-refractivity contribution is 5.94. The quantitative estimate of drug-likeness (QED) is 0.807. The number of nitrogens with zero attached hydrogens (tertiary/aromatic N) is 3. The molecule has 2 atom stereocenters. The summed E-state index contributed by atoms with van der Waals surface area (Å²) in [6, 6.07) is 15.2. The molecule has 0 N–H and O–H groups in total. The van der Waals surface area contributed by atoms with Crippen LogP contribution < -0.4 is 0 Å². The lowest BCUT2D eigenvalue weighted by molar-refractivity contribution is 0.0845. The van der Waals surface area contributed by atoms with Crippen molar-refractivity contribution in [2.24, 2.45) is 0 Å². The fourth-order valence-electron chi connectivity index (χ4n) is 3.38. The van der Waals surface area contributed by atoms with Crippen molar-refractivity contribution < 1.29 is 14.3 Å². The zero-order valence-electron chi connectivity index (χ0n) is 13.7. The summed E-state index contributed by atoms with van der Waals surface area (Å²) in [7, 11) is 0. The largest absolute Gasteiger partial charge is 0.445 e. The van der Waals surface area contributed by atoms with Gasteiger partial charge < -0.3 is 14.5 Å². The van der Waals surface area contributed by atoms with Crippen LogP contribution in [0.4, 0.5) is 4.79 Å². The first kappa shape index (κ1) is 15.6. The van der Waals surface area contributed by atoms with Crippen molar-refractivity contribution in [3.8, 4) is 0 Å². The smallest absolute Gasteiger partial charge is 0.410 e. The minimum absolute atomic E-state index is 0.0601. The molecule has 0 aliphatic carbocycles. The van der Waals surface area contributed by atoms with Crippen LogP contribution in [0, 0.1) is 0 Å². The summed E-state index contributed by atoms with van der Waals surface area (Å²) in [6.07, 6.45) is 2.08. The van der Waals surface area contributed by atoms with E-state index in [1.54, 1.807) is 29.3 Å². The van der Waals surface area contributed by atoms with E-state index in [0.717, 1.165) is 12.0 Å². The Kier molecular flexibility index (Phi) is 4.09. The molecule has 2 fully saturated rings. The number of ether oxygens (including phenoxy) is 1. The van der Waals surface area contributed by atoms with E-state index >= 15 is 0 Å². The van der Waals surface area contributed by atoms with Gasteiger partial charge in [-0.1, -0.05) is 36.4 Å². The maximum absolute atomic E-state index is 12.5. The van der Waals surface area contributed by atoms with Crippen molar-refractivity contribution in [3.63, 3.8) is 0 Å². The van der Waals surface area contributed by atoms with Crippen molar-refractivity contribution in [3.05, 3.63) is 66.0 Å². The number of pyridine rings is 1. The van der Waals surface area contributed by atoms with Gasteiger partial charge in [0.2, 0.25) is 0 Å². The van der Waals surface area contributed by atoms with Crippen LogP contribution in [0.3, 0.4) is 0 Å². The fourth-order valence-corrected chi connectivity index (χ4v) is 3.38. The third-order valence-electron chi connectivity index (χ3n) is 4.75. The van der Waals surface area contributed by atoms with Crippen LogP contribution in [0.25, 0.3) is 0 Å². The molecule has 0 unspecified atom stereocenters. The fraction of sp³-hybridized carbons (Fsp3) is 0.316. The first-order valence-corrected chi connectivity index (χ1v) is 8.43. The van der Waals surface area contributed by atoms with Gasteiger partial charge in [0.05, 0.1) is 12.1 Å². The summed E-state index contributed by atoms with van der Waals surface area (Å²) in [6.45, 7) is 1.40. The number of hydrogen-bond acceptors (Lipinski definition) is 4. The lowest BCUT2D eigenvalue weighted by Crippen LogP contribution is -2.39. The molecule has 25 heavy (non-hydrogen) atoms. The number of likely N-dealkylation sites (tertiary alicyclic amines) is 1. The second-order valence-electron chi connectivity index (χ2n) is 6.34. The monoisotopic (exact) mass is 337 g/mol. The number of aromatic nitrogens is 1. The molecular weight excluding hydrogens is 318 g/mol. The second kappa shape index (κ2) is 6.55. The maximum Gasteiger partial charge on any atom is 0.410 e. The Morgan fingerprint density at radius 3 is 2.64 bits per heavy atom. The zero-order chi connectivity index (χ0) is 17.2. The molecule has 2 aliphatic rings. The van der Waals surface area contributed by atoms with Crippen molar-refractivity contribution in [2.75, 3.05) is 13.1 Å². The Labute approximate surface area is 146 Å². The Balaban J connectivity index is 1.32. The van der Waals surface area contributed by atoms with E-state index < -0.39 is 0 Å². The number of fused-ring (bicyclic) bond motifs is 1. The average molecular weight is 337 g/mol. The van der Waals surface area contributed by atoms with Crippen LogP contribution in [-0.2, 0) is 11.3 Å². The average Bonchev–Trinajstić information content (AvgIpc) is 3.40. The summed E-state index contributed by atoms with van der Waals surface area (Å²) in [5.41, 5.74) is 1.42. The number of amides is 2. The lowest BCUT2D eigenvalue weighted by Gasteiger charge is -2.24. The molecule has 1 aromatic carbocycles. The highest BCUT2D eigenvalue weighted by Gasteiger charge is 2.54. The molecule has 2 amide bonds. The summed E-state index contributed by atoms with van der Waals surface area (Å²) in [4.78, 5) is 32.4. The molecule has 6 nitrogen and oxygen atoms in total. The number of carbonyl (C=O) groups excluding carboxylic acids is 2. The van der Waals surface area contributed by atoms with Crippen LogP contribution in [0.5, 0.6) is 0 Å². The number of benzene rings is 1. The highest BCUT2D eigenvalue weighted by Crippen LogP contribution is 2.37. The molecule has 0 spiro atoms. The van der Waals surface area contributed by atoms with Gasteiger partial charge in [-0.3, -0.25) is 9.78 Å². The normalized spacial score (nSPS) is 21.4. The minimum atomic E-state index is -0.320. The van der Waals surface area contributed by atoms with Crippen molar-refractivity contribution in [1.29, 1.82) is 0 Å². The first-order chi connectivity index (χ1) is 12.2. The van der Waals surface area contributed by atoms with Crippen molar-refractivity contribution in [2.45, 2.75) is 25.1 Å². The van der Waals surface area contributed by atoms with E-state index in [1.165, 1.54) is 0 Å². The highest BCUT2D eigenvalue weighted by atomic mass is 16.6. The molecule has 4 rings (SSSR count). The third-order valence-corrected chi connectivity index (χ3v) is 4.75. The van der Waals surface area contributed by atoms with Crippen molar-refractivity contribution >= 4 is 12.0 Å². The van der Waals surface area contributed by atoms with Crippen LogP contribution in [0.15, 0.2) is 54.7 Å². The van der Waals surface area contributed by atoms with E-state index in [0.29, 0.717) is 18.8 Å². The molecule has 2 aliphatic heterocycles. The maximum atomic E-state index is 12.5. The summed E-state index contributed by atoms with van der Waals surface area (Å²) >= 11 is 0. The van der Waals surface area contributed by atoms with Crippen LogP contribution in [0.1, 0.15) is 22.5 Å². The van der Waals surface area contributed by atoms with Gasteiger partial charge in [0.15, 0.2) is 0 Å². The van der Waals surface area contributed by atoms with E-state index in [4.69, 9.17) is 4.74 Å². The van der Waals surface area contributed by atoms with Gasteiger partial charge in [-0.2, -0.15) is 0 Å². The van der Waals surface area contributed by atoms with E-state index in [2.05, 4.69) is 4.98 Å². The molecule has 128 valence electrons. The van der Waals surface area contributed by atoms with Gasteiger partial charge in [0.25, 0.3) is 5.91 Å². The standard InChI is InChI=1S/C19H19N3O3/c23-18(15-8-4-5-10-20-15)22-16-9-11-21(12-17(16)22)19(24)25-13-14-6-2-1-3-7-14/h1-8,10,16-17H,9,11-13H2/t16-,17+,22?/m0/s1. The second-order valence-corrected chi connectivity index (χ2v) is 6.34. The van der Waals surface area contributed by atoms with E-state index in [9.17, 15) is 9.59 Å². The Morgan fingerprint density at radius 2 is 1.88 bits per heavy atom. The van der Waals surface area contributed by atoms with Crippen molar-refractivity contribution in [1.82, 2.24) is 14.8 Å². The first-order valence-electron chi connectivity index (χ1n) is 8.43. The zero-order valence-corrected chi connectivity index (χ0v) is 13.7. The Morgan fingerprint density at radius 1 is 1.08 bits per heavy atom. The molecule has 3 heterocycles. The number of hydrogen-bond donors (Lipinski definition) is 0. The minimum Gasteiger partial charge on any atom is -0.445 e. The predicted molar refractivity (Wildman–Crippen MR) is 90.8 cm³/mol. The van der Waals surface area contributed by atoms with Gasteiger partial charge in [-0.05, 0) is 24.1 Å². The van der Waals surface area contributed by atoms with Crippen LogP contribution in [0.2, 0.25) is 0 Å². The van der Waals surface area contributed by atoms with Gasteiger partial charge >= 0.3 is 6.09 Å². The summed E-state index contributed by atoms with van der Waals surface area (Å²) < 4.78 is 5.39. The van der Waals surface area contributed by atoms with Crippen LogP contribution in [-0.4, -0.2) is 52.0 Å². The van der Waals surface area contributed by atoms with Gasteiger partial charge in [-0.25, -0.2) is 4.79 Å². The molecule has 0 radical (unpaired) electrons. The Hall–Kier alpha value is -2.89. The summed E-state index contributed by atoms with van der Waals surface area (Å²) in [5.74, 6) is -0.0601. The van der Waals surface area contributed by atoms with E-state index in [1.807, 2.05) is 35.2 Å². The number of rotatable bonds is 3. The summed E-state index contributed by atoms with van der Waals surface area (Å²) in [5, 5.41) is 0. The van der Waals surface area contributed by atoms with Gasteiger partial charge in [-0.15, -0.1) is 0 Å². The topological polar surface area (TPSA) is 62.5 Å². The number of piperidine rings is 1. The molecular formula is C19H19N3O3. The molecule has 1 aromatic heterocycles. The van der Waals surface area contributed by atoms with Gasteiger partial charge in [0, 0.05) is 19.3 Å². The number of carbonyl (C=O) groups is 2. The SMILES string of the molecule is O=C(OCc1ccccc1)N1CC[C@H]2[C@@H](C1)N2C(=O)c1ccccn1. The molecule has 2 aromatic rings.